The molecule has 0 saturated carbocycles. The standard InChI is InChI=1S/C11H12FN5OS/c1-7(10(18)13-2)19-11-14-15-16-17(11)9-5-3-4-8(12)6-9/h3-7H,1-2H3,(H,13,18). The number of carbonyl (C=O) groups excluding carboxylic acids is 1. The fraction of sp³-hybridized carbons (Fsp3) is 0.273. The molecule has 1 unspecified atom stereocenters. The lowest BCUT2D eigenvalue weighted by molar-refractivity contribution is -0.119. The molecule has 0 aliphatic rings. The summed E-state index contributed by atoms with van der Waals surface area (Å²) in [6.45, 7) is 1.74. The molecule has 1 aromatic carbocycles. The summed E-state index contributed by atoms with van der Waals surface area (Å²) in [4.78, 5) is 11.5. The summed E-state index contributed by atoms with van der Waals surface area (Å²) in [5.41, 5.74) is 0.511. The van der Waals surface area contributed by atoms with Crippen LogP contribution in [-0.4, -0.2) is 38.4 Å². The molecule has 1 amide bonds. The van der Waals surface area contributed by atoms with E-state index in [0.717, 1.165) is 0 Å². The Morgan fingerprint density at radius 3 is 3.00 bits per heavy atom. The number of amides is 1. The van der Waals surface area contributed by atoms with E-state index in [4.69, 9.17) is 0 Å². The van der Waals surface area contributed by atoms with E-state index in [2.05, 4.69) is 20.8 Å². The van der Waals surface area contributed by atoms with Crippen LogP contribution in [0, 0.1) is 5.82 Å². The largest absolute Gasteiger partial charge is 0.358 e. The summed E-state index contributed by atoms with van der Waals surface area (Å²) in [5.74, 6) is -0.498. The molecule has 6 nitrogen and oxygen atoms in total. The number of carbonyl (C=O) groups is 1. The first-order chi connectivity index (χ1) is 9.11. The second kappa shape index (κ2) is 5.79. The van der Waals surface area contributed by atoms with Crippen molar-refractivity contribution in [3.05, 3.63) is 30.1 Å². The maximum absolute atomic E-state index is 13.2. The van der Waals surface area contributed by atoms with E-state index < -0.39 is 0 Å². The van der Waals surface area contributed by atoms with Crippen LogP contribution in [0.1, 0.15) is 6.92 Å². The van der Waals surface area contributed by atoms with E-state index in [9.17, 15) is 9.18 Å². The third-order valence-electron chi connectivity index (χ3n) is 2.39. The maximum atomic E-state index is 13.2. The number of hydrogen-bond donors (Lipinski definition) is 1. The molecule has 0 saturated heterocycles. The Bertz CT molecular complexity index is 588. The molecule has 0 aliphatic carbocycles. The van der Waals surface area contributed by atoms with Crippen molar-refractivity contribution in [2.75, 3.05) is 7.05 Å². The summed E-state index contributed by atoms with van der Waals surface area (Å²) >= 11 is 1.20. The summed E-state index contributed by atoms with van der Waals surface area (Å²) in [6.07, 6.45) is 0. The van der Waals surface area contributed by atoms with Crippen LogP contribution in [0.5, 0.6) is 0 Å². The molecule has 0 radical (unpaired) electrons. The van der Waals surface area contributed by atoms with Gasteiger partial charge in [-0.05, 0) is 35.5 Å². The van der Waals surface area contributed by atoms with Gasteiger partial charge in [0.25, 0.3) is 0 Å². The fourth-order valence-electron chi connectivity index (χ4n) is 1.44. The second-order valence-electron chi connectivity index (χ2n) is 3.73. The van der Waals surface area contributed by atoms with Crippen molar-refractivity contribution in [1.82, 2.24) is 25.5 Å². The van der Waals surface area contributed by atoms with Gasteiger partial charge in [-0.1, -0.05) is 17.8 Å². The van der Waals surface area contributed by atoms with Gasteiger partial charge in [-0.15, -0.1) is 5.10 Å². The van der Waals surface area contributed by atoms with Gasteiger partial charge in [0.1, 0.15) is 5.82 Å². The monoisotopic (exact) mass is 281 g/mol. The van der Waals surface area contributed by atoms with Crippen molar-refractivity contribution in [2.24, 2.45) is 0 Å². The first kappa shape index (κ1) is 13.5. The van der Waals surface area contributed by atoms with Crippen LogP contribution in [0.15, 0.2) is 29.4 Å². The van der Waals surface area contributed by atoms with Gasteiger partial charge in [-0.2, -0.15) is 4.68 Å². The fourth-order valence-corrected chi connectivity index (χ4v) is 2.30. The molecule has 0 spiro atoms. The molecule has 2 aromatic rings. The Hall–Kier alpha value is -1.96. The molecule has 100 valence electrons. The number of tetrazole rings is 1. The van der Waals surface area contributed by atoms with Crippen molar-refractivity contribution in [3.8, 4) is 5.69 Å². The van der Waals surface area contributed by atoms with Crippen molar-refractivity contribution in [3.63, 3.8) is 0 Å². The highest BCUT2D eigenvalue weighted by Crippen LogP contribution is 2.22. The maximum Gasteiger partial charge on any atom is 0.233 e. The number of benzene rings is 1. The highest BCUT2D eigenvalue weighted by Gasteiger charge is 2.18. The third kappa shape index (κ3) is 3.08. The summed E-state index contributed by atoms with van der Waals surface area (Å²) < 4.78 is 14.6. The third-order valence-corrected chi connectivity index (χ3v) is 3.42. The van der Waals surface area contributed by atoms with Gasteiger partial charge < -0.3 is 5.32 Å². The summed E-state index contributed by atoms with van der Waals surface area (Å²) in [7, 11) is 1.56. The molecule has 1 atom stereocenters. The lowest BCUT2D eigenvalue weighted by Crippen LogP contribution is -2.27. The Kier molecular flexibility index (Phi) is 4.10. The Balaban J connectivity index is 2.25. The lowest BCUT2D eigenvalue weighted by atomic mass is 10.3. The summed E-state index contributed by atoms with van der Waals surface area (Å²) in [5, 5.41) is 13.8. The minimum Gasteiger partial charge on any atom is -0.358 e. The zero-order valence-electron chi connectivity index (χ0n) is 10.4. The van der Waals surface area contributed by atoms with Gasteiger partial charge in [-0.3, -0.25) is 4.79 Å². The van der Waals surface area contributed by atoms with E-state index in [0.29, 0.717) is 10.8 Å². The molecule has 0 bridgehead atoms. The van der Waals surface area contributed by atoms with Crippen molar-refractivity contribution in [2.45, 2.75) is 17.3 Å². The van der Waals surface area contributed by atoms with E-state index in [1.807, 2.05) is 0 Å². The van der Waals surface area contributed by atoms with Crippen LogP contribution in [0.25, 0.3) is 5.69 Å². The van der Waals surface area contributed by atoms with Gasteiger partial charge >= 0.3 is 0 Å². The highest BCUT2D eigenvalue weighted by molar-refractivity contribution is 8.00. The van der Waals surface area contributed by atoms with Crippen LogP contribution >= 0.6 is 11.8 Å². The van der Waals surface area contributed by atoms with Gasteiger partial charge in [0.15, 0.2) is 0 Å². The number of aromatic nitrogens is 4. The Morgan fingerprint density at radius 2 is 2.32 bits per heavy atom. The van der Waals surface area contributed by atoms with E-state index >= 15 is 0 Å². The Labute approximate surface area is 113 Å². The van der Waals surface area contributed by atoms with Gasteiger partial charge in [-0.25, -0.2) is 4.39 Å². The second-order valence-corrected chi connectivity index (χ2v) is 5.04. The van der Waals surface area contributed by atoms with Crippen molar-refractivity contribution < 1.29 is 9.18 Å². The topological polar surface area (TPSA) is 72.7 Å². The van der Waals surface area contributed by atoms with Gasteiger partial charge in [0.05, 0.1) is 10.9 Å². The molecule has 1 aromatic heterocycles. The number of rotatable bonds is 4. The first-order valence-electron chi connectivity index (χ1n) is 5.54. The number of nitrogens with one attached hydrogen (secondary N) is 1. The van der Waals surface area contributed by atoms with Gasteiger partial charge in [0.2, 0.25) is 11.1 Å². The van der Waals surface area contributed by atoms with Crippen molar-refractivity contribution >= 4 is 17.7 Å². The zero-order chi connectivity index (χ0) is 13.8. The molecule has 0 fully saturated rings. The molecule has 0 aliphatic heterocycles. The molecular formula is C11H12FN5OS. The van der Waals surface area contributed by atoms with Crippen LogP contribution in [0.4, 0.5) is 4.39 Å². The quantitative estimate of drug-likeness (QED) is 0.847. The van der Waals surface area contributed by atoms with Crippen molar-refractivity contribution in [1.29, 1.82) is 0 Å². The molecule has 1 heterocycles. The highest BCUT2D eigenvalue weighted by atomic mass is 32.2. The molecular weight excluding hydrogens is 269 g/mol. The predicted molar refractivity (Wildman–Crippen MR) is 68.5 cm³/mol. The van der Waals surface area contributed by atoms with E-state index in [-0.39, 0.29) is 17.0 Å². The smallest absolute Gasteiger partial charge is 0.233 e. The van der Waals surface area contributed by atoms with Crippen LogP contribution < -0.4 is 5.32 Å². The normalized spacial score (nSPS) is 12.2. The van der Waals surface area contributed by atoms with Crippen LogP contribution in [0.3, 0.4) is 0 Å². The minimum absolute atomic E-state index is 0.126. The SMILES string of the molecule is CNC(=O)C(C)Sc1nnnn1-c1cccc(F)c1. The Morgan fingerprint density at radius 1 is 1.53 bits per heavy atom. The number of thioether (sulfide) groups is 1. The summed E-state index contributed by atoms with van der Waals surface area (Å²) in [6, 6.07) is 5.93. The van der Waals surface area contributed by atoms with E-state index in [1.165, 1.54) is 28.6 Å². The first-order valence-corrected chi connectivity index (χ1v) is 6.42. The van der Waals surface area contributed by atoms with E-state index in [1.54, 1.807) is 26.1 Å². The molecule has 2 rings (SSSR count). The predicted octanol–water partition coefficient (Wildman–Crippen LogP) is 1.03. The zero-order valence-corrected chi connectivity index (χ0v) is 11.2. The number of halogens is 1. The average Bonchev–Trinajstić information content (AvgIpc) is 2.85. The molecule has 8 heteroatoms. The lowest BCUT2D eigenvalue weighted by Gasteiger charge is -2.09. The molecule has 19 heavy (non-hydrogen) atoms. The van der Waals surface area contributed by atoms with Crippen LogP contribution in [0.2, 0.25) is 0 Å². The average molecular weight is 281 g/mol. The molecule has 1 N–H and O–H groups in total. The van der Waals surface area contributed by atoms with Gasteiger partial charge in [0, 0.05) is 7.05 Å². The number of hydrogen-bond acceptors (Lipinski definition) is 5. The van der Waals surface area contributed by atoms with Crippen LogP contribution in [-0.2, 0) is 4.79 Å². The minimum atomic E-state index is -0.372. The number of nitrogens with zero attached hydrogens (tertiary/aromatic N) is 4.